The molecule has 0 radical (unpaired) electrons. The first-order valence-corrected chi connectivity index (χ1v) is 9.67. The molecule has 146 valence electrons. The van der Waals surface area contributed by atoms with Gasteiger partial charge in [-0.05, 0) is 54.1 Å². The predicted octanol–water partition coefficient (Wildman–Crippen LogP) is 2.85. The Kier molecular flexibility index (Phi) is 6.20. The van der Waals surface area contributed by atoms with Crippen molar-refractivity contribution in [2.75, 3.05) is 12.4 Å². The topological polar surface area (TPSA) is 91.3 Å². The third kappa shape index (κ3) is 4.45. The Morgan fingerprint density at radius 1 is 1.25 bits per heavy atom. The van der Waals surface area contributed by atoms with Gasteiger partial charge in [-0.2, -0.15) is 0 Å². The maximum atomic E-state index is 12.7. The van der Waals surface area contributed by atoms with Gasteiger partial charge in [0, 0.05) is 17.8 Å². The van der Waals surface area contributed by atoms with Crippen LogP contribution in [0, 0.1) is 6.92 Å². The lowest BCUT2D eigenvalue weighted by atomic mass is 10.2. The summed E-state index contributed by atoms with van der Waals surface area (Å²) in [6.45, 7) is 3.87. The lowest BCUT2D eigenvalue weighted by molar-refractivity contribution is -0.705. The second-order valence-corrected chi connectivity index (χ2v) is 7.34. The minimum Gasteiger partial charge on any atom is -0.538 e. The Balaban J connectivity index is 1.79. The van der Waals surface area contributed by atoms with E-state index in [1.165, 1.54) is 4.68 Å². The van der Waals surface area contributed by atoms with Crippen LogP contribution >= 0.6 is 11.8 Å². The Morgan fingerprint density at radius 2 is 1.93 bits per heavy atom. The molecule has 0 fully saturated rings. The van der Waals surface area contributed by atoms with E-state index in [9.17, 15) is 9.90 Å². The number of nitrogens with one attached hydrogen (secondary N) is 1. The standard InChI is InChI=1S/C20H21N3O4S/c1-4-17(18(24)21-14-7-5-13(2)6-8-14)28-19-20(25)27-22-23(19)15-9-11-16(26-3)12-10-15/h5-12,17H,4H2,1-3H3,(H-,21,22,24,25). The van der Waals surface area contributed by atoms with Crippen molar-refractivity contribution in [3.8, 4) is 17.4 Å². The van der Waals surface area contributed by atoms with Gasteiger partial charge in [0.15, 0.2) is 5.95 Å². The molecular formula is C20H21N3O4S. The second kappa shape index (κ2) is 8.79. The molecule has 1 unspecified atom stereocenters. The fourth-order valence-electron chi connectivity index (χ4n) is 2.54. The number of anilines is 1. The third-order valence-corrected chi connectivity index (χ3v) is 5.52. The number of aromatic nitrogens is 2. The number of thioether (sulfide) groups is 1. The lowest BCUT2D eigenvalue weighted by Gasteiger charge is -2.13. The zero-order valence-corrected chi connectivity index (χ0v) is 16.7. The van der Waals surface area contributed by atoms with Crippen molar-refractivity contribution in [3.05, 3.63) is 54.1 Å². The van der Waals surface area contributed by atoms with E-state index in [4.69, 9.17) is 9.26 Å². The smallest absolute Gasteiger partial charge is 0.298 e. The largest absolute Gasteiger partial charge is 0.538 e. The average molecular weight is 399 g/mol. The summed E-state index contributed by atoms with van der Waals surface area (Å²) in [7, 11) is 1.58. The molecule has 1 amide bonds. The Bertz CT molecular complexity index is 939. The molecule has 28 heavy (non-hydrogen) atoms. The quantitative estimate of drug-likeness (QED) is 0.485. The van der Waals surface area contributed by atoms with Crippen molar-refractivity contribution in [1.29, 1.82) is 0 Å². The fraction of sp³-hybridized carbons (Fsp3) is 0.250. The van der Waals surface area contributed by atoms with Crippen molar-refractivity contribution < 1.29 is 23.8 Å². The molecule has 1 aromatic heterocycles. The molecule has 0 saturated heterocycles. The molecule has 1 heterocycles. The van der Waals surface area contributed by atoms with Crippen LogP contribution in [-0.2, 0) is 4.79 Å². The van der Waals surface area contributed by atoms with E-state index in [1.807, 2.05) is 38.1 Å². The van der Waals surface area contributed by atoms with Crippen LogP contribution in [0.15, 0.2) is 58.1 Å². The highest BCUT2D eigenvalue weighted by Gasteiger charge is 2.28. The highest BCUT2D eigenvalue weighted by atomic mass is 32.2. The number of carbonyl (C=O) groups excluding carboxylic acids is 1. The van der Waals surface area contributed by atoms with Gasteiger partial charge in [-0.25, -0.2) is 0 Å². The zero-order chi connectivity index (χ0) is 20.1. The maximum Gasteiger partial charge on any atom is 0.298 e. The average Bonchev–Trinajstić information content (AvgIpc) is 3.08. The molecular weight excluding hydrogens is 378 g/mol. The number of nitrogens with zero attached hydrogens (tertiary/aromatic N) is 2. The summed E-state index contributed by atoms with van der Waals surface area (Å²) < 4.78 is 11.4. The van der Waals surface area contributed by atoms with Crippen LogP contribution in [0.2, 0.25) is 0 Å². The highest BCUT2D eigenvalue weighted by molar-refractivity contribution is 8.00. The molecule has 0 aliphatic carbocycles. The highest BCUT2D eigenvalue weighted by Crippen LogP contribution is 2.30. The zero-order valence-electron chi connectivity index (χ0n) is 15.8. The van der Waals surface area contributed by atoms with Crippen LogP contribution in [0.1, 0.15) is 18.9 Å². The summed E-state index contributed by atoms with van der Waals surface area (Å²) in [5.41, 5.74) is 2.47. The van der Waals surface area contributed by atoms with Gasteiger partial charge in [-0.1, -0.05) is 24.6 Å². The second-order valence-electron chi connectivity index (χ2n) is 6.15. The van der Waals surface area contributed by atoms with Crippen LogP contribution in [0.25, 0.3) is 5.69 Å². The van der Waals surface area contributed by atoms with Gasteiger partial charge >= 0.3 is 0 Å². The molecule has 2 aromatic carbocycles. The summed E-state index contributed by atoms with van der Waals surface area (Å²) in [5, 5.41) is 18.7. The van der Waals surface area contributed by atoms with Crippen LogP contribution in [0.3, 0.4) is 0 Å². The predicted molar refractivity (Wildman–Crippen MR) is 104 cm³/mol. The summed E-state index contributed by atoms with van der Waals surface area (Å²) >= 11 is 1.13. The minimum absolute atomic E-state index is 0.182. The van der Waals surface area contributed by atoms with Crippen molar-refractivity contribution in [1.82, 2.24) is 5.27 Å². The molecule has 1 N–H and O–H groups in total. The molecule has 0 spiro atoms. The van der Waals surface area contributed by atoms with Gasteiger partial charge in [-0.15, -0.1) is 0 Å². The van der Waals surface area contributed by atoms with Crippen molar-refractivity contribution in [2.24, 2.45) is 0 Å². The molecule has 3 aromatic rings. The normalized spacial score (nSPS) is 11.8. The SMILES string of the molecule is CCC(Sc1c([O-])on[n+]1-c1ccc(OC)cc1)C(=O)Nc1ccc(C)cc1. The first-order chi connectivity index (χ1) is 13.5. The van der Waals surface area contributed by atoms with Gasteiger partial charge in [0.1, 0.15) is 5.75 Å². The van der Waals surface area contributed by atoms with Gasteiger partial charge < -0.3 is 19.7 Å². The molecule has 1 atom stereocenters. The number of benzene rings is 2. The maximum absolute atomic E-state index is 12.7. The first-order valence-electron chi connectivity index (χ1n) is 8.79. The number of amides is 1. The molecule has 3 rings (SSSR count). The number of hydrogen-bond donors (Lipinski definition) is 1. The number of methoxy groups -OCH3 is 1. The molecule has 0 aliphatic rings. The van der Waals surface area contributed by atoms with Crippen LogP contribution < -0.4 is 19.8 Å². The van der Waals surface area contributed by atoms with Crippen molar-refractivity contribution in [2.45, 2.75) is 30.5 Å². The van der Waals surface area contributed by atoms with E-state index in [2.05, 4.69) is 10.6 Å². The van der Waals surface area contributed by atoms with E-state index >= 15 is 0 Å². The lowest BCUT2D eigenvalue weighted by Crippen LogP contribution is -2.36. The van der Waals surface area contributed by atoms with Crippen LogP contribution in [0.4, 0.5) is 5.69 Å². The van der Waals surface area contributed by atoms with E-state index < -0.39 is 11.2 Å². The van der Waals surface area contributed by atoms with E-state index in [-0.39, 0.29) is 10.9 Å². The van der Waals surface area contributed by atoms with Gasteiger partial charge in [-0.3, -0.25) is 4.79 Å². The summed E-state index contributed by atoms with van der Waals surface area (Å²) in [6.07, 6.45) is 0.537. The Labute approximate surface area is 167 Å². The van der Waals surface area contributed by atoms with Crippen LogP contribution in [-0.4, -0.2) is 23.5 Å². The van der Waals surface area contributed by atoms with Crippen LogP contribution in [0.5, 0.6) is 11.7 Å². The molecule has 0 bridgehead atoms. The van der Waals surface area contributed by atoms with Gasteiger partial charge in [0.25, 0.3) is 5.03 Å². The Hall–Kier alpha value is -3.00. The number of carbonyl (C=O) groups is 1. The summed E-state index contributed by atoms with van der Waals surface area (Å²) in [4.78, 5) is 12.7. The number of ether oxygens (including phenoxy) is 1. The Morgan fingerprint density at radius 3 is 2.54 bits per heavy atom. The van der Waals surface area contributed by atoms with E-state index in [0.29, 0.717) is 23.5 Å². The number of rotatable bonds is 7. The minimum atomic E-state index is -0.581. The van der Waals surface area contributed by atoms with Crippen molar-refractivity contribution in [3.63, 3.8) is 0 Å². The van der Waals surface area contributed by atoms with Gasteiger partial charge in [0.05, 0.1) is 17.6 Å². The molecule has 8 heteroatoms. The van der Waals surface area contributed by atoms with E-state index in [1.54, 1.807) is 31.4 Å². The summed E-state index contributed by atoms with van der Waals surface area (Å²) in [5.74, 6) is -0.0751. The summed E-state index contributed by atoms with van der Waals surface area (Å²) in [6, 6.07) is 14.6. The fourth-order valence-corrected chi connectivity index (χ4v) is 3.52. The van der Waals surface area contributed by atoms with Gasteiger partial charge in [0.2, 0.25) is 11.6 Å². The number of aryl methyl sites for hydroxylation is 1. The molecule has 7 nitrogen and oxygen atoms in total. The van der Waals surface area contributed by atoms with Crippen molar-refractivity contribution >= 4 is 23.4 Å². The molecule has 0 saturated carbocycles. The van der Waals surface area contributed by atoms with E-state index in [0.717, 1.165) is 17.3 Å². The third-order valence-electron chi connectivity index (χ3n) is 4.13. The number of hydrogen-bond acceptors (Lipinski definition) is 6. The monoisotopic (exact) mass is 399 g/mol. The molecule has 0 aliphatic heterocycles. The first kappa shape index (κ1) is 19.8.